The maximum absolute atomic E-state index is 2.92. The lowest BCUT2D eigenvalue weighted by atomic mass is 9.71. The van der Waals surface area contributed by atoms with E-state index in [1.165, 1.54) is 154 Å². The van der Waals surface area contributed by atoms with Crippen molar-refractivity contribution in [1.29, 1.82) is 0 Å². The van der Waals surface area contributed by atoms with Crippen LogP contribution in [0.4, 0.5) is 0 Å². The van der Waals surface area contributed by atoms with Crippen LogP contribution in [0.15, 0.2) is 44.6 Å². The third-order valence-corrected chi connectivity index (χ3v) is 10.8. The lowest BCUT2D eigenvalue weighted by Crippen LogP contribution is -2.22. The van der Waals surface area contributed by atoms with E-state index in [4.69, 9.17) is 0 Å². The van der Waals surface area contributed by atoms with E-state index in [1.807, 2.05) is 44.6 Å². The van der Waals surface area contributed by atoms with Crippen molar-refractivity contribution in [1.82, 2.24) is 0 Å². The minimum absolute atomic E-state index is 0.794. The fourth-order valence-electron chi connectivity index (χ4n) is 9.04. The van der Waals surface area contributed by atoms with E-state index < -0.39 is 0 Å². The van der Waals surface area contributed by atoms with Crippen LogP contribution in [0.25, 0.3) is 0 Å². The van der Waals surface area contributed by atoms with Gasteiger partial charge in [-0.25, -0.2) is 0 Å². The van der Waals surface area contributed by atoms with E-state index in [2.05, 4.69) is 6.42 Å². The Hall–Kier alpha value is -1.04. The second kappa shape index (κ2) is 11.6. The first-order valence-corrected chi connectivity index (χ1v) is 16.1. The van der Waals surface area contributed by atoms with Gasteiger partial charge < -0.3 is 0 Å². The van der Waals surface area contributed by atoms with Crippen molar-refractivity contribution in [2.45, 2.75) is 154 Å². The van der Waals surface area contributed by atoms with E-state index in [1.54, 1.807) is 0 Å². The van der Waals surface area contributed by atoms with Crippen LogP contribution in [0.5, 0.6) is 0 Å². The van der Waals surface area contributed by atoms with Crippen LogP contribution in [0, 0.1) is 18.3 Å². The lowest BCUT2D eigenvalue weighted by molar-refractivity contribution is 0.367. The molecule has 0 aromatic rings. The molecule has 2 atom stereocenters. The van der Waals surface area contributed by atoms with Crippen molar-refractivity contribution in [2.75, 3.05) is 0 Å². The van der Waals surface area contributed by atoms with Crippen LogP contribution in [0.3, 0.4) is 0 Å². The second-order valence-corrected chi connectivity index (χ2v) is 12.9. The van der Waals surface area contributed by atoms with Gasteiger partial charge in [-0.3, -0.25) is 0 Å². The van der Waals surface area contributed by atoms with Gasteiger partial charge in [0.25, 0.3) is 0 Å². The summed E-state index contributed by atoms with van der Waals surface area (Å²) in [6.45, 7) is 0. The molecular formula is C35H51. The SMILES string of the molecule is [CH]1C2=C(CCCCC2)C2=C(CCCCC2)CCC1C1CCC2=C(CCCCC2)C2=C1CCCCC2. The molecule has 191 valence electrons. The average molecular weight is 472 g/mol. The van der Waals surface area contributed by atoms with Crippen molar-refractivity contribution in [3.8, 4) is 0 Å². The first kappa shape index (κ1) is 24.3. The van der Waals surface area contributed by atoms with Crippen molar-refractivity contribution >= 4 is 0 Å². The van der Waals surface area contributed by atoms with Gasteiger partial charge in [0.05, 0.1) is 0 Å². The van der Waals surface area contributed by atoms with Crippen molar-refractivity contribution in [3.05, 3.63) is 51.0 Å². The molecule has 35 heavy (non-hydrogen) atoms. The molecule has 0 nitrogen and oxygen atoms in total. The fraction of sp³-hybridized carbons (Fsp3) is 0.743. The van der Waals surface area contributed by atoms with Gasteiger partial charge in [0.1, 0.15) is 0 Å². The summed E-state index contributed by atoms with van der Waals surface area (Å²) in [6.07, 6.45) is 37.2. The molecule has 0 heterocycles. The topological polar surface area (TPSA) is 0 Å². The van der Waals surface area contributed by atoms with Gasteiger partial charge in [-0.15, -0.1) is 0 Å². The summed E-state index contributed by atoms with van der Waals surface area (Å²) >= 11 is 0. The average Bonchev–Trinajstić information content (AvgIpc) is 3.43. The fourth-order valence-corrected chi connectivity index (χ4v) is 9.04. The van der Waals surface area contributed by atoms with Gasteiger partial charge in [0.2, 0.25) is 0 Å². The van der Waals surface area contributed by atoms with Crippen LogP contribution >= 0.6 is 0 Å². The molecule has 0 spiro atoms. The second-order valence-electron chi connectivity index (χ2n) is 12.9. The van der Waals surface area contributed by atoms with Gasteiger partial charge in [-0.2, -0.15) is 0 Å². The number of hydrogen-bond acceptors (Lipinski definition) is 0. The zero-order valence-electron chi connectivity index (χ0n) is 22.7. The molecule has 0 aliphatic heterocycles. The van der Waals surface area contributed by atoms with Gasteiger partial charge in [-0.1, -0.05) is 48.0 Å². The summed E-state index contributed by atoms with van der Waals surface area (Å²) in [6, 6.07) is 0. The molecule has 6 aliphatic carbocycles. The molecule has 0 N–H and O–H groups in total. The Morgan fingerprint density at radius 2 is 0.914 bits per heavy atom. The van der Waals surface area contributed by atoms with Crippen molar-refractivity contribution < 1.29 is 0 Å². The Bertz CT molecular complexity index is 902. The molecule has 2 unspecified atom stereocenters. The summed E-state index contributed by atoms with van der Waals surface area (Å²) in [5, 5.41) is 0. The van der Waals surface area contributed by atoms with Crippen molar-refractivity contribution in [2.24, 2.45) is 11.8 Å². The third kappa shape index (κ3) is 5.33. The molecule has 0 saturated heterocycles. The number of rotatable bonds is 1. The zero-order valence-corrected chi connectivity index (χ0v) is 22.7. The number of hydrogen-bond donors (Lipinski definition) is 0. The summed E-state index contributed by atoms with van der Waals surface area (Å²) < 4.78 is 0. The number of fused-ring (bicyclic) bond motifs is 2. The van der Waals surface area contributed by atoms with E-state index in [-0.39, 0.29) is 0 Å². The van der Waals surface area contributed by atoms with Crippen LogP contribution in [-0.2, 0) is 0 Å². The van der Waals surface area contributed by atoms with Gasteiger partial charge in [0.15, 0.2) is 0 Å². The summed E-state index contributed by atoms with van der Waals surface area (Å²) in [5.74, 6) is 1.63. The molecule has 0 saturated carbocycles. The quantitative estimate of drug-likeness (QED) is 0.356. The van der Waals surface area contributed by atoms with Gasteiger partial charge in [0, 0.05) is 0 Å². The van der Waals surface area contributed by atoms with E-state index >= 15 is 0 Å². The minimum atomic E-state index is 0.794. The van der Waals surface area contributed by atoms with Crippen LogP contribution in [-0.4, -0.2) is 0 Å². The molecule has 6 aliphatic rings. The Balaban J connectivity index is 1.36. The molecular weight excluding hydrogens is 420 g/mol. The lowest BCUT2D eigenvalue weighted by Gasteiger charge is -2.34. The third-order valence-electron chi connectivity index (χ3n) is 10.8. The molecule has 0 aromatic heterocycles. The predicted octanol–water partition coefficient (Wildman–Crippen LogP) is 11.1. The predicted molar refractivity (Wildman–Crippen MR) is 150 cm³/mol. The highest BCUT2D eigenvalue weighted by Gasteiger charge is 2.35. The smallest absolute Gasteiger partial charge is 0.00944 e. The molecule has 0 heteroatoms. The van der Waals surface area contributed by atoms with E-state index in [9.17, 15) is 0 Å². The molecule has 0 amide bonds. The molecule has 0 bridgehead atoms. The number of allylic oxidation sites excluding steroid dienone is 8. The van der Waals surface area contributed by atoms with Crippen LogP contribution in [0.1, 0.15) is 154 Å². The minimum Gasteiger partial charge on any atom is -0.0667 e. The Morgan fingerprint density at radius 1 is 0.400 bits per heavy atom. The largest absolute Gasteiger partial charge is 0.0667 e. The normalized spacial score (nSPS) is 31.5. The highest BCUT2D eigenvalue weighted by atomic mass is 14.4. The summed E-state index contributed by atoms with van der Waals surface area (Å²) in [5.41, 5.74) is 15.2. The maximum atomic E-state index is 2.92. The highest BCUT2D eigenvalue weighted by molar-refractivity contribution is 5.46. The highest BCUT2D eigenvalue weighted by Crippen LogP contribution is 2.50. The Labute approximate surface area is 216 Å². The maximum Gasteiger partial charge on any atom is -0.00944 e. The van der Waals surface area contributed by atoms with Crippen LogP contribution in [0.2, 0.25) is 0 Å². The van der Waals surface area contributed by atoms with E-state index in [0.29, 0.717) is 0 Å². The van der Waals surface area contributed by atoms with Crippen LogP contribution < -0.4 is 0 Å². The Morgan fingerprint density at radius 3 is 1.63 bits per heavy atom. The zero-order chi connectivity index (χ0) is 23.5. The van der Waals surface area contributed by atoms with Crippen molar-refractivity contribution in [3.63, 3.8) is 0 Å². The summed E-state index contributed by atoms with van der Waals surface area (Å²) in [7, 11) is 0. The van der Waals surface area contributed by atoms with Gasteiger partial charge >= 0.3 is 0 Å². The van der Waals surface area contributed by atoms with E-state index in [0.717, 1.165) is 11.8 Å². The molecule has 0 fully saturated rings. The molecule has 0 aromatic carbocycles. The van der Waals surface area contributed by atoms with Gasteiger partial charge in [-0.05, 0) is 169 Å². The molecule has 6 rings (SSSR count). The molecule has 1 radical (unpaired) electrons. The standard InChI is InChI=1S/C35H51/c1-5-13-26-21-22-29(25-28-15-7-3-10-18-32(28)30(26)16-8-1)33-24-23-27-14-6-2-9-17-31(27)34-19-11-4-12-20-35(33)34/h25,29,33H,1-24H2. The summed E-state index contributed by atoms with van der Waals surface area (Å²) in [4.78, 5) is 0. The Kier molecular flexibility index (Phi) is 8.03. The first-order valence-electron chi connectivity index (χ1n) is 16.1. The first-order chi connectivity index (χ1) is 17.4. The monoisotopic (exact) mass is 471 g/mol.